The minimum absolute atomic E-state index is 0.342. The van der Waals surface area contributed by atoms with Crippen molar-refractivity contribution < 1.29 is 4.39 Å². The quantitative estimate of drug-likeness (QED) is 0.674. The van der Waals surface area contributed by atoms with E-state index in [2.05, 4.69) is 6.07 Å². The van der Waals surface area contributed by atoms with Crippen molar-refractivity contribution in [1.29, 1.82) is 0 Å². The van der Waals surface area contributed by atoms with Crippen LogP contribution in [0.2, 0.25) is 5.02 Å². The molecule has 0 aliphatic rings. The van der Waals surface area contributed by atoms with Crippen LogP contribution in [-0.4, -0.2) is 0 Å². The highest BCUT2D eigenvalue weighted by molar-refractivity contribution is 6.33. The summed E-state index contributed by atoms with van der Waals surface area (Å²) in [7, 11) is 0. The molecular weight excluding hydrogens is 235 g/mol. The van der Waals surface area contributed by atoms with E-state index in [-0.39, 0.29) is 5.82 Å². The van der Waals surface area contributed by atoms with Gasteiger partial charge in [0.05, 0.1) is 0 Å². The van der Waals surface area contributed by atoms with Crippen LogP contribution in [0, 0.1) is 32.7 Å². The van der Waals surface area contributed by atoms with E-state index in [0.29, 0.717) is 10.6 Å². The maximum absolute atomic E-state index is 13.6. The van der Waals surface area contributed by atoms with Gasteiger partial charge in [-0.2, -0.15) is 0 Å². The van der Waals surface area contributed by atoms with Crippen LogP contribution >= 0.6 is 11.6 Å². The molecular formula is C15H13ClF. The number of benzene rings is 2. The predicted octanol–water partition coefficient (Wildman–Crippen LogP) is 4.87. The zero-order valence-electron chi connectivity index (χ0n) is 10.1. The highest BCUT2D eigenvalue weighted by atomic mass is 35.5. The molecule has 2 aromatic carbocycles. The zero-order valence-corrected chi connectivity index (χ0v) is 10.8. The lowest BCUT2D eigenvalue weighted by Crippen LogP contribution is -1.93. The molecule has 0 nitrogen and oxygen atoms in total. The zero-order chi connectivity index (χ0) is 12.6. The topological polar surface area (TPSA) is 0 Å². The van der Waals surface area contributed by atoms with Crippen LogP contribution in [0.15, 0.2) is 24.3 Å². The average Bonchev–Trinajstić information content (AvgIpc) is 2.30. The van der Waals surface area contributed by atoms with Crippen molar-refractivity contribution >= 4 is 11.6 Å². The number of hydrogen-bond acceptors (Lipinski definition) is 0. The highest BCUT2D eigenvalue weighted by Crippen LogP contribution is 2.35. The van der Waals surface area contributed by atoms with Gasteiger partial charge >= 0.3 is 0 Å². The van der Waals surface area contributed by atoms with Crippen molar-refractivity contribution in [2.75, 3.05) is 0 Å². The molecule has 0 aromatic heterocycles. The highest BCUT2D eigenvalue weighted by Gasteiger charge is 2.13. The predicted molar refractivity (Wildman–Crippen MR) is 69.9 cm³/mol. The lowest BCUT2D eigenvalue weighted by atomic mass is 9.94. The van der Waals surface area contributed by atoms with Crippen molar-refractivity contribution in [3.8, 4) is 11.1 Å². The van der Waals surface area contributed by atoms with E-state index in [1.54, 1.807) is 6.92 Å². The lowest BCUT2D eigenvalue weighted by Gasteiger charge is -2.13. The van der Waals surface area contributed by atoms with E-state index >= 15 is 0 Å². The summed E-state index contributed by atoms with van der Waals surface area (Å²) in [5.41, 5.74) is 4.60. The Morgan fingerprint density at radius 3 is 2.53 bits per heavy atom. The van der Waals surface area contributed by atoms with Crippen molar-refractivity contribution in [3.63, 3.8) is 0 Å². The van der Waals surface area contributed by atoms with Crippen LogP contribution < -0.4 is 0 Å². The SMILES string of the molecule is Cc1cccc(-c2c(Cl)c[c]c(F)c2C)c1C. The van der Waals surface area contributed by atoms with E-state index in [9.17, 15) is 4.39 Å². The van der Waals surface area contributed by atoms with Gasteiger partial charge in [-0.3, -0.25) is 0 Å². The van der Waals surface area contributed by atoms with E-state index in [0.717, 1.165) is 16.7 Å². The van der Waals surface area contributed by atoms with Crippen LogP contribution in [0.25, 0.3) is 11.1 Å². The van der Waals surface area contributed by atoms with Gasteiger partial charge in [0.25, 0.3) is 0 Å². The van der Waals surface area contributed by atoms with Crippen LogP contribution in [0.3, 0.4) is 0 Å². The lowest BCUT2D eigenvalue weighted by molar-refractivity contribution is 0.617. The van der Waals surface area contributed by atoms with Gasteiger partial charge in [-0.15, -0.1) is 0 Å². The summed E-state index contributed by atoms with van der Waals surface area (Å²) in [5, 5.41) is 0.539. The fourth-order valence-electron chi connectivity index (χ4n) is 1.95. The summed E-state index contributed by atoms with van der Waals surface area (Å²) in [6.07, 6.45) is 0. The van der Waals surface area contributed by atoms with E-state index in [1.807, 2.05) is 32.0 Å². The molecule has 2 aromatic rings. The van der Waals surface area contributed by atoms with Crippen molar-refractivity contribution in [2.24, 2.45) is 0 Å². The molecule has 2 rings (SSSR count). The smallest absolute Gasteiger partial charge is 0.134 e. The third kappa shape index (κ3) is 2.07. The Balaban J connectivity index is 2.77. The molecule has 0 saturated heterocycles. The number of hydrogen-bond donors (Lipinski definition) is 0. The van der Waals surface area contributed by atoms with Crippen molar-refractivity contribution in [3.05, 3.63) is 57.9 Å². The van der Waals surface area contributed by atoms with Gasteiger partial charge in [-0.05, 0) is 49.1 Å². The molecule has 0 fully saturated rings. The molecule has 0 aliphatic carbocycles. The molecule has 0 heterocycles. The third-order valence-corrected chi connectivity index (χ3v) is 3.44. The molecule has 0 amide bonds. The Kier molecular flexibility index (Phi) is 3.21. The molecule has 0 saturated carbocycles. The fraction of sp³-hybridized carbons (Fsp3) is 0.200. The Morgan fingerprint density at radius 2 is 1.82 bits per heavy atom. The molecule has 0 atom stereocenters. The maximum Gasteiger partial charge on any atom is 0.134 e. The van der Waals surface area contributed by atoms with Crippen LogP contribution in [0.1, 0.15) is 16.7 Å². The third-order valence-electron chi connectivity index (χ3n) is 3.14. The minimum atomic E-state index is -0.342. The molecule has 0 N–H and O–H groups in total. The first-order chi connectivity index (χ1) is 8.02. The van der Waals surface area contributed by atoms with Gasteiger partial charge in [0, 0.05) is 16.7 Å². The first-order valence-corrected chi connectivity index (χ1v) is 5.83. The largest absolute Gasteiger partial charge is 0.206 e. The summed E-state index contributed by atoms with van der Waals surface area (Å²) in [4.78, 5) is 0. The Morgan fingerprint density at radius 1 is 1.12 bits per heavy atom. The first kappa shape index (κ1) is 12.1. The average molecular weight is 248 g/mol. The minimum Gasteiger partial charge on any atom is -0.206 e. The molecule has 0 unspecified atom stereocenters. The summed E-state index contributed by atoms with van der Waals surface area (Å²) >= 11 is 6.16. The molecule has 0 spiro atoms. The van der Waals surface area contributed by atoms with Gasteiger partial charge < -0.3 is 0 Å². The summed E-state index contributed by atoms with van der Waals surface area (Å²) in [5.74, 6) is -0.342. The molecule has 17 heavy (non-hydrogen) atoms. The molecule has 0 bridgehead atoms. The van der Waals surface area contributed by atoms with Gasteiger partial charge in [0.2, 0.25) is 0 Å². The Labute approximate surface area is 106 Å². The van der Waals surface area contributed by atoms with Gasteiger partial charge in [-0.25, -0.2) is 4.39 Å². The second-order valence-electron chi connectivity index (χ2n) is 4.20. The molecule has 87 valence electrons. The standard InChI is InChI=1S/C15H13ClF/c1-9-5-4-6-12(10(9)2)15-11(3)14(17)8-7-13(15)16/h4-7H,1-3H3. The fourth-order valence-corrected chi connectivity index (χ4v) is 2.25. The Bertz CT molecular complexity index is 573. The molecule has 1 radical (unpaired) electrons. The van der Waals surface area contributed by atoms with Gasteiger partial charge in [0.15, 0.2) is 0 Å². The van der Waals surface area contributed by atoms with Gasteiger partial charge in [0.1, 0.15) is 5.82 Å². The summed E-state index contributed by atoms with van der Waals surface area (Å²) < 4.78 is 13.6. The Hall–Kier alpha value is -1.34. The van der Waals surface area contributed by atoms with Gasteiger partial charge in [-0.1, -0.05) is 29.8 Å². The number of rotatable bonds is 1. The monoisotopic (exact) mass is 247 g/mol. The molecule has 2 heteroatoms. The number of halogens is 2. The summed E-state index contributed by atoms with van der Waals surface area (Å²) in [6.45, 7) is 5.79. The second-order valence-corrected chi connectivity index (χ2v) is 4.61. The number of aryl methyl sites for hydroxylation is 1. The van der Waals surface area contributed by atoms with E-state index in [4.69, 9.17) is 11.6 Å². The van der Waals surface area contributed by atoms with Crippen LogP contribution in [0.5, 0.6) is 0 Å². The second kappa shape index (κ2) is 4.50. The summed E-state index contributed by atoms with van der Waals surface area (Å²) in [6, 6.07) is 9.96. The first-order valence-electron chi connectivity index (χ1n) is 5.45. The van der Waals surface area contributed by atoms with E-state index in [1.165, 1.54) is 11.6 Å². The van der Waals surface area contributed by atoms with E-state index < -0.39 is 0 Å². The maximum atomic E-state index is 13.6. The van der Waals surface area contributed by atoms with Crippen molar-refractivity contribution in [1.82, 2.24) is 0 Å². The van der Waals surface area contributed by atoms with Crippen molar-refractivity contribution in [2.45, 2.75) is 20.8 Å². The van der Waals surface area contributed by atoms with Crippen LogP contribution in [-0.2, 0) is 0 Å². The van der Waals surface area contributed by atoms with Crippen LogP contribution in [0.4, 0.5) is 4.39 Å². The normalized spacial score (nSPS) is 10.6. The molecule has 0 aliphatic heterocycles.